The van der Waals surface area contributed by atoms with Crippen LogP contribution in [0.25, 0.3) is 0 Å². The summed E-state index contributed by atoms with van der Waals surface area (Å²) in [6.45, 7) is 4.34. The SMILES string of the molecule is CCc1cccc(Cn2nc(C(=O)c3cncnc3NC3CC(O)C(COS(N)(=O)=O)C3)cc2C)c1. The van der Waals surface area contributed by atoms with Gasteiger partial charge in [0.2, 0.25) is 5.78 Å². The zero-order valence-electron chi connectivity index (χ0n) is 20.2. The van der Waals surface area contributed by atoms with Gasteiger partial charge in [-0.15, -0.1) is 0 Å². The maximum atomic E-state index is 13.4. The van der Waals surface area contributed by atoms with Crippen LogP contribution in [-0.4, -0.2) is 57.8 Å². The summed E-state index contributed by atoms with van der Waals surface area (Å²) in [5.41, 5.74) is 3.73. The molecule has 0 aliphatic heterocycles. The van der Waals surface area contributed by atoms with E-state index in [0.29, 0.717) is 25.2 Å². The number of carbonyl (C=O) groups is 1. The molecule has 4 rings (SSSR count). The Labute approximate surface area is 210 Å². The van der Waals surface area contributed by atoms with Crippen molar-refractivity contribution in [1.29, 1.82) is 0 Å². The molecule has 1 aliphatic carbocycles. The highest BCUT2D eigenvalue weighted by Gasteiger charge is 2.35. The molecule has 0 radical (unpaired) electrons. The van der Waals surface area contributed by atoms with E-state index in [1.165, 1.54) is 18.1 Å². The third-order valence-electron chi connectivity index (χ3n) is 6.35. The first-order valence-corrected chi connectivity index (χ1v) is 13.2. The predicted octanol–water partition coefficient (Wildman–Crippen LogP) is 1.59. The number of ketones is 1. The first-order chi connectivity index (χ1) is 17.1. The number of nitrogens with one attached hydrogen (secondary N) is 1. The molecule has 0 bridgehead atoms. The van der Waals surface area contributed by atoms with Gasteiger partial charge in [-0.1, -0.05) is 31.2 Å². The topological polar surface area (TPSA) is 162 Å². The van der Waals surface area contributed by atoms with Gasteiger partial charge in [-0.05, 0) is 43.4 Å². The minimum absolute atomic E-state index is 0.217. The Balaban J connectivity index is 1.48. The lowest BCUT2D eigenvalue weighted by molar-refractivity contribution is 0.101. The van der Waals surface area contributed by atoms with Crippen LogP contribution in [0.3, 0.4) is 0 Å². The van der Waals surface area contributed by atoms with Crippen LogP contribution in [0.5, 0.6) is 0 Å². The van der Waals surface area contributed by atoms with Crippen LogP contribution in [0.1, 0.15) is 52.6 Å². The van der Waals surface area contributed by atoms with Crippen LogP contribution in [0, 0.1) is 12.8 Å². The van der Waals surface area contributed by atoms with E-state index in [1.807, 2.05) is 19.1 Å². The molecule has 192 valence electrons. The summed E-state index contributed by atoms with van der Waals surface area (Å²) >= 11 is 0. The van der Waals surface area contributed by atoms with Crippen molar-refractivity contribution in [2.24, 2.45) is 11.1 Å². The van der Waals surface area contributed by atoms with Crippen molar-refractivity contribution in [3.8, 4) is 0 Å². The fraction of sp³-hybridized carbons (Fsp3) is 0.417. The summed E-state index contributed by atoms with van der Waals surface area (Å²) in [6, 6.07) is 9.75. The Hall–Kier alpha value is -3.19. The normalized spacial score (nSPS) is 19.9. The second kappa shape index (κ2) is 10.8. The Morgan fingerprint density at radius 1 is 1.28 bits per heavy atom. The Kier molecular flexibility index (Phi) is 7.79. The molecule has 12 heteroatoms. The first-order valence-electron chi connectivity index (χ1n) is 11.7. The molecule has 3 aromatic rings. The number of anilines is 1. The number of carbonyl (C=O) groups excluding carboxylic acids is 1. The zero-order chi connectivity index (χ0) is 25.9. The van der Waals surface area contributed by atoms with Gasteiger partial charge in [0.05, 0.1) is 24.8 Å². The predicted molar refractivity (Wildman–Crippen MR) is 133 cm³/mol. The molecule has 0 amide bonds. The average molecular weight is 515 g/mol. The molecule has 1 fully saturated rings. The minimum Gasteiger partial charge on any atom is -0.393 e. The molecular formula is C24H30N6O5S. The van der Waals surface area contributed by atoms with Crippen LogP contribution in [-0.2, 0) is 27.5 Å². The van der Waals surface area contributed by atoms with Crippen molar-refractivity contribution < 1.29 is 22.5 Å². The summed E-state index contributed by atoms with van der Waals surface area (Å²) < 4.78 is 28.6. The summed E-state index contributed by atoms with van der Waals surface area (Å²) in [4.78, 5) is 21.6. The second-order valence-corrected chi connectivity index (χ2v) is 10.3. The number of aliphatic hydroxyl groups excluding tert-OH is 1. The lowest BCUT2D eigenvalue weighted by atomic mass is 10.1. The van der Waals surface area contributed by atoms with E-state index in [1.54, 1.807) is 10.7 Å². The van der Waals surface area contributed by atoms with Gasteiger partial charge in [-0.3, -0.25) is 13.7 Å². The molecule has 3 unspecified atom stereocenters. The third kappa shape index (κ3) is 6.32. The van der Waals surface area contributed by atoms with E-state index in [4.69, 9.17) is 5.14 Å². The van der Waals surface area contributed by atoms with E-state index >= 15 is 0 Å². The summed E-state index contributed by atoms with van der Waals surface area (Å²) in [5.74, 6) is -0.427. The number of hydrogen-bond donors (Lipinski definition) is 3. The van der Waals surface area contributed by atoms with Gasteiger partial charge >= 0.3 is 10.3 Å². The molecule has 1 aliphatic rings. The number of benzene rings is 1. The minimum atomic E-state index is -4.09. The number of nitrogens with two attached hydrogens (primary N) is 1. The molecule has 11 nitrogen and oxygen atoms in total. The van der Waals surface area contributed by atoms with Gasteiger partial charge in [0, 0.05) is 23.9 Å². The smallest absolute Gasteiger partial charge is 0.333 e. The van der Waals surface area contributed by atoms with Gasteiger partial charge in [0.1, 0.15) is 17.8 Å². The van der Waals surface area contributed by atoms with Crippen molar-refractivity contribution in [1.82, 2.24) is 19.7 Å². The molecule has 2 aromatic heterocycles. The van der Waals surface area contributed by atoms with E-state index in [9.17, 15) is 18.3 Å². The van der Waals surface area contributed by atoms with Crippen LogP contribution in [0.15, 0.2) is 42.9 Å². The van der Waals surface area contributed by atoms with Crippen molar-refractivity contribution in [2.45, 2.75) is 51.8 Å². The van der Waals surface area contributed by atoms with Crippen LogP contribution in [0.2, 0.25) is 0 Å². The Bertz CT molecular complexity index is 1340. The number of nitrogens with zero attached hydrogens (tertiary/aromatic N) is 4. The van der Waals surface area contributed by atoms with Crippen LogP contribution in [0.4, 0.5) is 5.82 Å². The van der Waals surface area contributed by atoms with Crippen molar-refractivity contribution in [2.75, 3.05) is 11.9 Å². The van der Waals surface area contributed by atoms with Crippen molar-refractivity contribution >= 4 is 21.9 Å². The van der Waals surface area contributed by atoms with Gasteiger partial charge in [0.15, 0.2) is 0 Å². The van der Waals surface area contributed by atoms with E-state index < -0.39 is 22.3 Å². The van der Waals surface area contributed by atoms with Gasteiger partial charge < -0.3 is 10.4 Å². The standard InChI is InChI=1S/C24H30N6O5S/c1-3-16-5-4-6-17(8-16)12-30-15(2)7-21(29-30)23(32)20-11-26-14-27-24(20)28-19-9-18(22(31)10-19)13-35-36(25,33)34/h4-8,11,14,18-19,22,31H,3,9-10,12-13H2,1-2H3,(H2,25,33,34)(H,26,27,28). The highest BCUT2D eigenvalue weighted by atomic mass is 32.2. The highest BCUT2D eigenvalue weighted by Crippen LogP contribution is 2.30. The monoisotopic (exact) mass is 514 g/mol. The quantitative estimate of drug-likeness (QED) is 0.341. The summed E-state index contributed by atoms with van der Waals surface area (Å²) in [7, 11) is -4.09. The number of aliphatic hydroxyl groups is 1. The molecule has 0 saturated heterocycles. The largest absolute Gasteiger partial charge is 0.393 e. The van der Waals surface area contributed by atoms with Crippen LogP contribution >= 0.6 is 0 Å². The molecule has 36 heavy (non-hydrogen) atoms. The molecule has 4 N–H and O–H groups in total. The highest BCUT2D eigenvalue weighted by molar-refractivity contribution is 7.84. The molecule has 3 atom stereocenters. The number of hydrogen-bond acceptors (Lipinski definition) is 9. The van der Waals surface area contributed by atoms with E-state index in [-0.39, 0.29) is 29.7 Å². The molecule has 2 heterocycles. The zero-order valence-corrected chi connectivity index (χ0v) is 21.0. The third-order valence-corrected chi connectivity index (χ3v) is 6.81. The average Bonchev–Trinajstić information content (AvgIpc) is 3.38. The summed E-state index contributed by atoms with van der Waals surface area (Å²) in [6.07, 6.45) is 3.67. The van der Waals surface area contributed by atoms with Crippen molar-refractivity contribution in [3.05, 3.63) is 70.9 Å². The fourth-order valence-electron chi connectivity index (χ4n) is 4.43. The first kappa shape index (κ1) is 25.9. The van der Waals surface area contributed by atoms with Crippen LogP contribution < -0.4 is 10.5 Å². The number of aryl methyl sites for hydroxylation is 2. The molecular weight excluding hydrogens is 484 g/mol. The molecule has 1 saturated carbocycles. The Morgan fingerprint density at radius 2 is 2.06 bits per heavy atom. The fourth-order valence-corrected chi connectivity index (χ4v) is 4.79. The maximum absolute atomic E-state index is 13.4. The number of aromatic nitrogens is 4. The van der Waals surface area contributed by atoms with Crippen molar-refractivity contribution in [3.63, 3.8) is 0 Å². The summed E-state index contributed by atoms with van der Waals surface area (Å²) in [5, 5.41) is 22.9. The van der Waals surface area contributed by atoms with E-state index in [2.05, 4.69) is 43.6 Å². The number of rotatable bonds is 10. The molecule has 1 aromatic carbocycles. The Morgan fingerprint density at radius 3 is 2.81 bits per heavy atom. The van der Waals surface area contributed by atoms with Gasteiger partial charge in [-0.2, -0.15) is 13.5 Å². The maximum Gasteiger partial charge on any atom is 0.333 e. The lowest BCUT2D eigenvalue weighted by Crippen LogP contribution is -2.24. The van der Waals surface area contributed by atoms with E-state index in [0.717, 1.165) is 17.7 Å². The lowest BCUT2D eigenvalue weighted by Gasteiger charge is -2.15. The van der Waals surface area contributed by atoms with Gasteiger partial charge in [0.25, 0.3) is 0 Å². The second-order valence-electron chi connectivity index (χ2n) is 9.03. The molecule has 0 spiro atoms. The van der Waals surface area contributed by atoms with Gasteiger partial charge in [-0.25, -0.2) is 15.1 Å².